The molecule has 0 radical (unpaired) electrons. The van der Waals surface area contributed by atoms with Gasteiger partial charge < -0.3 is 20.1 Å². The van der Waals surface area contributed by atoms with E-state index >= 15 is 0 Å². The van der Waals surface area contributed by atoms with Gasteiger partial charge in [-0.2, -0.15) is 0 Å². The molecule has 0 aromatic rings. The van der Waals surface area contributed by atoms with E-state index < -0.39 is 17.6 Å². The fourth-order valence-corrected chi connectivity index (χ4v) is 1.90. The Bertz CT molecular complexity index is 325. The van der Waals surface area contributed by atoms with Gasteiger partial charge in [-0.15, -0.1) is 0 Å². The van der Waals surface area contributed by atoms with Gasteiger partial charge in [0, 0.05) is 19.0 Å². The molecule has 1 fully saturated rings. The third-order valence-electron chi connectivity index (χ3n) is 2.86. The van der Waals surface area contributed by atoms with Gasteiger partial charge in [0.1, 0.15) is 11.6 Å². The number of nitrogens with zero attached hydrogens (tertiary/aromatic N) is 1. The highest BCUT2D eigenvalue weighted by Gasteiger charge is 2.35. The van der Waals surface area contributed by atoms with Crippen molar-refractivity contribution < 1.29 is 19.1 Å². The highest BCUT2D eigenvalue weighted by molar-refractivity contribution is 5.76. The van der Waals surface area contributed by atoms with Crippen LogP contribution in [-0.4, -0.2) is 48.8 Å². The van der Waals surface area contributed by atoms with Crippen molar-refractivity contribution in [2.75, 3.05) is 20.2 Å². The number of hydrogen-bond donors (Lipinski definition) is 1. The summed E-state index contributed by atoms with van der Waals surface area (Å²) in [5, 5.41) is 0. The maximum atomic E-state index is 11.8. The van der Waals surface area contributed by atoms with Crippen LogP contribution in [0.15, 0.2) is 0 Å². The summed E-state index contributed by atoms with van der Waals surface area (Å²) < 4.78 is 9.87. The summed E-state index contributed by atoms with van der Waals surface area (Å²) in [5.41, 5.74) is 5.26. The van der Waals surface area contributed by atoms with Crippen LogP contribution in [0, 0.1) is 5.92 Å². The Morgan fingerprint density at radius 1 is 1.39 bits per heavy atom. The number of carbonyl (C=O) groups is 2. The minimum atomic E-state index is -0.678. The molecule has 0 bridgehead atoms. The van der Waals surface area contributed by atoms with E-state index in [-0.39, 0.29) is 12.0 Å². The van der Waals surface area contributed by atoms with E-state index in [1.54, 1.807) is 4.90 Å². The summed E-state index contributed by atoms with van der Waals surface area (Å²) in [5.74, 6) is -0.504. The normalized spacial score (nSPS) is 21.6. The summed E-state index contributed by atoms with van der Waals surface area (Å²) in [6, 6.07) is -0.678. The summed E-state index contributed by atoms with van der Waals surface area (Å²) in [4.78, 5) is 24.7. The third-order valence-corrected chi connectivity index (χ3v) is 2.86. The molecule has 1 heterocycles. The quantitative estimate of drug-likeness (QED) is 0.739. The molecule has 0 aromatic carbocycles. The summed E-state index contributed by atoms with van der Waals surface area (Å²) in [6.07, 6.45) is 0.331. The van der Waals surface area contributed by atoms with Gasteiger partial charge in [-0.3, -0.25) is 4.79 Å². The number of likely N-dealkylation sites (tertiary alicyclic amines) is 1. The Kier molecular flexibility index (Phi) is 4.56. The standard InChI is InChI=1S/C12H22N2O4/c1-12(2,3)18-11(16)14-6-5-8(7-14)9(13)10(15)17-4/h8-9H,5-7,13H2,1-4H3/t8-,9+/m0/s1. The molecule has 0 unspecified atom stereocenters. The average molecular weight is 258 g/mol. The molecule has 6 nitrogen and oxygen atoms in total. The smallest absolute Gasteiger partial charge is 0.410 e. The van der Waals surface area contributed by atoms with Crippen molar-refractivity contribution in [2.45, 2.75) is 38.8 Å². The van der Waals surface area contributed by atoms with Gasteiger partial charge in [0.15, 0.2) is 0 Å². The van der Waals surface area contributed by atoms with E-state index in [4.69, 9.17) is 10.5 Å². The lowest BCUT2D eigenvalue weighted by Crippen LogP contribution is -2.41. The molecule has 1 aliphatic rings. The molecule has 0 aromatic heterocycles. The molecule has 1 rings (SSSR count). The van der Waals surface area contributed by atoms with Crippen molar-refractivity contribution in [2.24, 2.45) is 11.7 Å². The first-order valence-corrected chi connectivity index (χ1v) is 6.06. The SMILES string of the molecule is COC(=O)[C@H](N)[C@H]1CCN(C(=O)OC(C)(C)C)C1. The zero-order chi connectivity index (χ0) is 13.9. The zero-order valence-corrected chi connectivity index (χ0v) is 11.4. The molecule has 0 aliphatic carbocycles. The lowest BCUT2D eigenvalue weighted by molar-refractivity contribution is -0.143. The second-order valence-corrected chi connectivity index (χ2v) is 5.52. The van der Waals surface area contributed by atoms with E-state index in [9.17, 15) is 9.59 Å². The Morgan fingerprint density at radius 3 is 2.50 bits per heavy atom. The number of nitrogens with two attached hydrogens (primary N) is 1. The number of ether oxygens (including phenoxy) is 2. The Morgan fingerprint density at radius 2 is 2.00 bits per heavy atom. The lowest BCUT2D eigenvalue weighted by Gasteiger charge is -2.24. The van der Waals surface area contributed by atoms with Crippen LogP contribution in [0.3, 0.4) is 0 Å². The number of amides is 1. The molecule has 104 valence electrons. The highest BCUT2D eigenvalue weighted by atomic mass is 16.6. The van der Waals surface area contributed by atoms with Gasteiger partial charge in [0.2, 0.25) is 0 Å². The highest BCUT2D eigenvalue weighted by Crippen LogP contribution is 2.21. The topological polar surface area (TPSA) is 81.9 Å². The minimum absolute atomic E-state index is 0.0648. The molecule has 0 saturated carbocycles. The zero-order valence-electron chi connectivity index (χ0n) is 11.4. The number of carbonyl (C=O) groups excluding carboxylic acids is 2. The Balaban J connectivity index is 2.51. The molecule has 0 spiro atoms. The second kappa shape index (κ2) is 5.56. The van der Waals surface area contributed by atoms with Gasteiger partial charge in [0.05, 0.1) is 7.11 Å². The van der Waals surface area contributed by atoms with Crippen molar-refractivity contribution in [3.63, 3.8) is 0 Å². The summed E-state index contributed by atoms with van der Waals surface area (Å²) in [7, 11) is 1.31. The molecule has 1 saturated heterocycles. The Labute approximate surface area is 107 Å². The maximum Gasteiger partial charge on any atom is 0.410 e. The molecule has 6 heteroatoms. The molecule has 2 N–H and O–H groups in total. The molecular weight excluding hydrogens is 236 g/mol. The van der Waals surface area contributed by atoms with Crippen LogP contribution in [0.4, 0.5) is 4.79 Å². The van der Waals surface area contributed by atoms with Crippen molar-refractivity contribution >= 4 is 12.1 Å². The van der Waals surface area contributed by atoms with Crippen LogP contribution in [0.5, 0.6) is 0 Å². The molecule has 2 atom stereocenters. The van der Waals surface area contributed by atoms with Crippen LogP contribution in [0.1, 0.15) is 27.2 Å². The van der Waals surface area contributed by atoms with Crippen LogP contribution in [-0.2, 0) is 14.3 Å². The van der Waals surface area contributed by atoms with Gasteiger partial charge in [-0.25, -0.2) is 4.79 Å². The monoisotopic (exact) mass is 258 g/mol. The maximum absolute atomic E-state index is 11.8. The Hall–Kier alpha value is -1.30. The number of esters is 1. The fourth-order valence-electron chi connectivity index (χ4n) is 1.90. The number of rotatable bonds is 2. The van der Waals surface area contributed by atoms with Gasteiger partial charge in [-0.1, -0.05) is 0 Å². The fraction of sp³-hybridized carbons (Fsp3) is 0.833. The average Bonchev–Trinajstić information content (AvgIpc) is 2.73. The third kappa shape index (κ3) is 3.87. The van der Waals surface area contributed by atoms with Crippen LogP contribution in [0.25, 0.3) is 0 Å². The van der Waals surface area contributed by atoms with Crippen molar-refractivity contribution in [1.29, 1.82) is 0 Å². The molecule has 1 amide bonds. The van der Waals surface area contributed by atoms with E-state index in [0.717, 1.165) is 0 Å². The van der Waals surface area contributed by atoms with Gasteiger partial charge >= 0.3 is 12.1 Å². The predicted octanol–water partition coefficient (Wildman–Crippen LogP) is 0.744. The lowest BCUT2D eigenvalue weighted by atomic mass is 10.0. The first-order chi connectivity index (χ1) is 8.24. The first kappa shape index (κ1) is 14.8. The van der Waals surface area contributed by atoms with E-state index in [1.165, 1.54) is 7.11 Å². The van der Waals surface area contributed by atoms with Crippen molar-refractivity contribution in [3.05, 3.63) is 0 Å². The van der Waals surface area contributed by atoms with Gasteiger partial charge in [0.25, 0.3) is 0 Å². The summed E-state index contributed by atoms with van der Waals surface area (Å²) in [6.45, 7) is 6.45. The number of methoxy groups -OCH3 is 1. The minimum Gasteiger partial charge on any atom is -0.468 e. The molecule has 1 aliphatic heterocycles. The van der Waals surface area contributed by atoms with E-state index in [0.29, 0.717) is 19.5 Å². The van der Waals surface area contributed by atoms with Crippen molar-refractivity contribution in [3.8, 4) is 0 Å². The van der Waals surface area contributed by atoms with Crippen molar-refractivity contribution in [1.82, 2.24) is 4.90 Å². The molecular formula is C12H22N2O4. The van der Waals surface area contributed by atoms with Crippen LogP contribution >= 0.6 is 0 Å². The van der Waals surface area contributed by atoms with Gasteiger partial charge in [-0.05, 0) is 27.2 Å². The predicted molar refractivity (Wildman–Crippen MR) is 65.9 cm³/mol. The number of hydrogen-bond acceptors (Lipinski definition) is 5. The first-order valence-electron chi connectivity index (χ1n) is 6.06. The second-order valence-electron chi connectivity index (χ2n) is 5.52. The van der Waals surface area contributed by atoms with Crippen LogP contribution in [0.2, 0.25) is 0 Å². The van der Waals surface area contributed by atoms with E-state index in [1.807, 2.05) is 20.8 Å². The van der Waals surface area contributed by atoms with E-state index in [2.05, 4.69) is 4.74 Å². The largest absolute Gasteiger partial charge is 0.468 e. The van der Waals surface area contributed by atoms with Crippen LogP contribution < -0.4 is 5.73 Å². The summed E-state index contributed by atoms with van der Waals surface area (Å²) >= 11 is 0. The molecule has 18 heavy (non-hydrogen) atoms.